The van der Waals surface area contributed by atoms with Gasteiger partial charge in [-0.1, -0.05) is 6.07 Å². The second-order valence-corrected chi connectivity index (χ2v) is 4.86. The standard InChI is InChI=1S/C17H15N3O2/c1-11(21)20-15-4-2-3-14-16(9-10-19-17(14)15)22-13-7-5-12(18)6-8-13/h2-10H,18H2,1H3,(H,20,21). The zero-order chi connectivity index (χ0) is 15.5. The van der Waals surface area contributed by atoms with E-state index in [1.54, 1.807) is 36.5 Å². The molecule has 0 aliphatic heterocycles. The van der Waals surface area contributed by atoms with Crippen molar-refractivity contribution in [2.45, 2.75) is 6.92 Å². The van der Waals surface area contributed by atoms with Crippen LogP contribution in [0.4, 0.5) is 11.4 Å². The molecule has 0 spiro atoms. The Balaban J connectivity index is 2.03. The van der Waals surface area contributed by atoms with Crippen molar-refractivity contribution >= 4 is 28.2 Å². The van der Waals surface area contributed by atoms with E-state index < -0.39 is 0 Å². The molecule has 3 N–H and O–H groups in total. The molecule has 0 aliphatic carbocycles. The summed E-state index contributed by atoms with van der Waals surface area (Å²) in [6.07, 6.45) is 1.65. The monoisotopic (exact) mass is 293 g/mol. The first-order valence-corrected chi connectivity index (χ1v) is 6.82. The molecule has 5 nitrogen and oxygen atoms in total. The molecule has 2 aromatic carbocycles. The minimum atomic E-state index is -0.140. The molecule has 1 heterocycles. The first kappa shape index (κ1) is 13.9. The van der Waals surface area contributed by atoms with Crippen LogP contribution in [0.15, 0.2) is 54.7 Å². The Labute approximate surface area is 127 Å². The maximum atomic E-state index is 11.3. The number of anilines is 2. The molecule has 5 heteroatoms. The molecule has 0 bridgehead atoms. The van der Waals surface area contributed by atoms with Crippen LogP contribution in [0.1, 0.15) is 6.92 Å². The lowest BCUT2D eigenvalue weighted by molar-refractivity contribution is -0.114. The number of nitrogens with two attached hydrogens (primary N) is 1. The number of hydrogen-bond donors (Lipinski definition) is 2. The summed E-state index contributed by atoms with van der Waals surface area (Å²) >= 11 is 0. The van der Waals surface area contributed by atoms with E-state index in [4.69, 9.17) is 10.5 Å². The van der Waals surface area contributed by atoms with Crippen molar-refractivity contribution in [3.05, 3.63) is 54.7 Å². The first-order valence-electron chi connectivity index (χ1n) is 6.82. The van der Waals surface area contributed by atoms with Crippen LogP contribution >= 0.6 is 0 Å². The average molecular weight is 293 g/mol. The largest absolute Gasteiger partial charge is 0.457 e. The lowest BCUT2D eigenvalue weighted by Gasteiger charge is -2.11. The van der Waals surface area contributed by atoms with Gasteiger partial charge in [-0.05, 0) is 42.5 Å². The third kappa shape index (κ3) is 2.83. The van der Waals surface area contributed by atoms with Gasteiger partial charge < -0.3 is 15.8 Å². The van der Waals surface area contributed by atoms with E-state index >= 15 is 0 Å². The summed E-state index contributed by atoms with van der Waals surface area (Å²) in [4.78, 5) is 15.6. The molecule has 3 aromatic rings. The van der Waals surface area contributed by atoms with Crippen molar-refractivity contribution in [3.8, 4) is 11.5 Å². The minimum Gasteiger partial charge on any atom is -0.457 e. The Bertz CT molecular complexity index is 829. The van der Waals surface area contributed by atoms with Crippen molar-refractivity contribution in [1.82, 2.24) is 4.98 Å². The Hall–Kier alpha value is -3.08. The van der Waals surface area contributed by atoms with Crippen LogP contribution in [-0.4, -0.2) is 10.9 Å². The van der Waals surface area contributed by atoms with Gasteiger partial charge in [-0.25, -0.2) is 0 Å². The highest BCUT2D eigenvalue weighted by molar-refractivity contribution is 6.01. The Morgan fingerprint density at radius 3 is 2.64 bits per heavy atom. The summed E-state index contributed by atoms with van der Waals surface area (Å²) in [7, 11) is 0. The van der Waals surface area contributed by atoms with Gasteiger partial charge in [-0.2, -0.15) is 0 Å². The van der Waals surface area contributed by atoms with E-state index in [2.05, 4.69) is 10.3 Å². The molecular formula is C17H15N3O2. The van der Waals surface area contributed by atoms with Gasteiger partial charge in [0.15, 0.2) is 0 Å². The van der Waals surface area contributed by atoms with E-state index in [0.717, 1.165) is 5.39 Å². The topological polar surface area (TPSA) is 77.2 Å². The molecule has 0 radical (unpaired) electrons. The summed E-state index contributed by atoms with van der Waals surface area (Å²) in [6.45, 7) is 1.47. The van der Waals surface area contributed by atoms with Gasteiger partial charge in [-0.15, -0.1) is 0 Å². The number of ether oxygens (including phenoxy) is 1. The maximum Gasteiger partial charge on any atom is 0.221 e. The molecule has 1 amide bonds. The number of benzene rings is 2. The summed E-state index contributed by atoms with van der Waals surface area (Å²) in [5, 5.41) is 3.60. The van der Waals surface area contributed by atoms with Crippen molar-refractivity contribution in [3.63, 3.8) is 0 Å². The van der Waals surface area contributed by atoms with E-state index in [-0.39, 0.29) is 5.91 Å². The van der Waals surface area contributed by atoms with Gasteiger partial charge in [0.2, 0.25) is 5.91 Å². The van der Waals surface area contributed by atoms with Crippen LogP contribution in [0.5, 0.6) is 11.5 Å². The number of amides is 1. The summed E-state index contributed by atoms with van der Waals surface area (Å²) in [6, 6.07) is 14.5. The summed E-state index contributed by atoms with van der Waals surface area (Å²) < 4.78 is 5.90. The predicted molar refractivity (Wildman–Crippen MR) is 87.0 cm³/mol. The first-order chi connectivity index (χ1) is 10.6. The number of nitrogen functional groups attached to an aromatic ring is 1. The molecule has 0 atom stereocenters. The highest BCUT2D eigenvalue weighted by atomic mass is 16.5. The number of rotatable bonds is 3. The second kappa shape index (κ2) is 5.73. The zero-order valence-corrected chi connectivity index (χ0v) is 12.0. The van der Waals surface area contributed by atoms with Gasteiger partial charge >= 0.3 is 0 Å². The normalized spacial score (nSPS) is 10.4. The molecular weight excluding hydrogens is 278 g/mol. The molecule has 3 rings (SSSR count). The van der Waals surface area contributed by atoms with E-state index in [0.29, 0.717) is 28.4 Å². The van der Waals surface area contributed by atoms with Gasteiger partial charge in [-0.3, -0.25) is 9.78 Å². The van der Waals surface area contributed by atoms with Gasteiger partial charge in [0.25, 0.3) is 0 Å². The summed E-state index contributed by atoms with van der Waals surface area (Å²) in [5.74, 6) is 1.22. The van der Waals surface area contributed by atoms with Crippen molar-refractivity contribution < 1.29 is 9.53 Å². The molecule has 0 saturated carbocycles. The van der Waals surface area contributed by atoms with Crippen LogP contribution in [0.3, 0.4) is 0 Å². The van der Waals surface area contributed by atoms with E-state index in [9.17, 15) is 4.79 Å². The van der Waals surface area contributed by atoms with Crippen molar-refractivity contribution in [2.24, 2.45) is 0 Å². The SMILES string of the molecule is CC(=O)Nc1cccc2c(Oc3ccc(N)cc3)ccnc12. The number of fused-ring (bicyclic) bond motifs is 1. The average Bonchev–Trinajstić information content (AvgIpc) is 2.50. The lowest BCUT2D eigenvalue weighted by Crippen LogP contribution is -2.06. The van der Waals surface area contributed by atoms with Gasteiger partial charge in [0.1, 0.15) is 11.5 Å². The number of carbonyl (C=O) groups is 1. The quantitative estimate of drug-likeness (QED) is 0.724. The fourth-order valence-corrected chi connectivity index (χ4v) is 2.19. The van der Waals surface area contributed by atoms with Crippen LogP contribution < -0.4 is 15.8 Å². The highest BCUT2D eigenvalue weighted by Gasteiger charge is 2.09. The van der Waals surface area contributed by atoms with Gasteiger partial charge in [0, 0.05) is 24.2 Å². The third-order valence-corrected chi connectivity index (χ3v) is 3.15. The Morgan fingerprint density at radius 1 is 1.14 bits per heavy atom. The molecule has 0 fully saturated rings. The van der Waals surface area contributed by atoms with Crippen molar-refractivity contribution in [1.29, 1.82) is 0 Å². The number of nitrogens with zero attached hydrogens (tertiary/aromatic N) is 1. The molecule has 1 aromatic heterocycles. The minimum absolute atomic E-state index is 0.140. The Morgan fingerprint density at radius 2 is 1.91 bits per heavy atom. The van der Waals surface area contributed by atoms with E-state index in [1.807, 2.05) is 18.2 Å². The molecule has 0 unspecified atom stereocenters. The molecule has 110 valence electrons. The number of hydrogen-bond acceptors (Lipinski definition) is 4. The molecule has 0 saturated heterocycles. The fourth-order valence-electron chi connectivity index (χ4n) is 2.19. The van der Waals surface area contributed by atoms with Gasteiger partial charge in [0.05, 0.1) is 11.2 Å². The number of para-hydroxylation sites is 1. The van der Waals surface area contributed by atoms with Crippen LogP contribution in [0.2, 0.25) is 0 Å². The highest BCUT2D eigenvalue weighted by Crippen LogP contribution is 2.32. The van der Waals surface area contributed by atoms with Crippen LogP contribution in [-0.2, 0) is 4.79 Å². The molecule has 22 heavy (non-hydrogen) atoms. The lowest BCUT2D eigenvalue weighted by atomic mass is 10.1. The van der Waals surface area contributed by atoms with E-state index in [1.165, 1.54) is 6.92 Å². The zero-order valence-electron chi connectivity index (χ0n) is 12.0. The number of pyridine rings is 1. The molecule has 0 aliphatic rings. The van der Waals surface area contributed by atoms with Crippen molar-refractivity contribution in [2.75, 3.05) is 11.1 Å². The van der Waals surface area contributed by atoms with Crippen LogP contribution in [0, 0.1) is 0 Å². The predicted octanol–water partition coefficient (Wildman–Crippen LogP) is 3.57. The smallest absolute Gasteiger partial charge is 0.221 e. The number of aromatic nitrogens is 1. The second-order valence-electron chi connectivity index (χ2n) is 4.86. The van der Waals surface area contributed by atoms with Crippen LogP contribution in [0.25, 0.3) is 10.9 Å². The third-order valence-electron chi connectivity index (χ3n) is 3.15. The summed E-state index contributed by atoms with van der Waals surface area (Å²) in [5.41, 5.74) is 7.70. The fraction of sp³-hybridized carbons (Fsp3) is 0.0588. The Kier molecular flexibility index (Phi) is 3.62. The number of carbonyl (C=O) groups excluding carboxylic acids is 1. The number of nitrogens with one attached hydrogen (secondary N) is 1. The maximum absolute atomic E-state index is 11.3.